The molecule has 1 unspecified atom stereocenters. The minimum Gasteiger partial charge on any atom is -0.481 e. The Morgan fingerprint density at radius 2 is 2.00 bits per heavy atom. The number of nitrogens with one attached hydrogen (secondary N) is 1. The van der Waals surface area contributed by atoms with Crippen LogP contribution in [0.1, 0.15) is 37.7 Å². The first-order valence-corrected chi connectivity index (χ1v) is 7.35. The fourth-order valence-electron chi connectivity index (χ4n) is 2.39. The summed E-state index contributed by atoms with van der Waals surface area (Å²) >= 11 is 0. The number of ether oxygens (including phenoxy) is 1. The molecule has 1 amide bonds. The van der Waals surface area contributed by atoms with Gasteiger partial charge in [0, 0.05) is 18.7 Å². The van der Waals surface area contributed by atoms with Crippen LogP contribution in [0.3, 0.4) is 0 Å². The molecule has 1 aromatic rings. The highest BCUT2D eigenvalue weighted by Gasteiger charge is 2.17. The van der Waals surface area contributed by atoms with Crippen molar-refractivity contribution in [3.63, 3.8) is 0 Å². The Balaban J connectivity index is 1.79. The molecule has 0 aromatic heterocycles. The van der Waals surface area contributed by atoms with Gasteiger partial charge in [0.05, 0.1) is 12.5 Å². The Morgan fingerprint density at radius 1 is 1.24 bits per heavy atom. The molecule has 2 rings (SSSR count). The second kappa shape index (κ2) is 7.78. The fourth-order valence-corrected chi connectivity index (χ4v) is 2.39. The molecule has 1 saturated heterocycles. The highest BCUT2D eigenvalue weighted by molar-refractivity contribution is 5.91. The first-order chi connectivity index (χ1) is 10.1. The van der Waals surface area contributed by atoms with Crippen LogP contribution in [0.15, 0.2) is 24.3 Å². The Labute approximate surface area is 124 Å². The molecule has 1 aliphatic heterocycles. The number of carboxylic acids is 1. The SMILES string of the molecule is O=C(O)CCc1ccc(NC(=O)CC2CCCCO2)cc1. The third kappa shape index (κ3) is 5.55. The zero-order chi connectivity index (χ0) is 15.1. The number of rotatable bonds is 6. The van der Waals surface area contributed by atoms with Crippen molar-refractivity contribution in [1.29, 1.82) is 0 Å². The average molecular weight is 291 g/mol. The lowest BCUT2D eigenvalue weighted by Crippen LogP contribution is -2.25. The topological polar surface area (TPSA) is 75.6 Å². The molecular weight excluding hydrogens is 270 g/mol. The number of carbonyl (C=O) groups excluding carboxylic acids is 1. The number of hydrogen-bond acceptors (Lipinski definition) is 3. The van der Waals surface area contributed by atoms with Gasteiger partial charge in [-0.05, 0) is 43.4 Å². The molecule has 1 fully saturated rings. The van der Waals surface area contributed by atoms with Gasteiger partial charge in [-0.15, -0.1) is 0 Å². The highest BCUT2D eigenvalue weighted by Crippen LogP contribution is 2.17. The Kier molecular flexibility index (Phi) is 5.75. The number of aliphatic carboxylic acids is 1. The molecule has 1 aromatic carbocycles. The fraction of sp³-hybridized carbons (Fsp3) is 0.500. The molecule has 5 nitrogen and oxygen atoms in total. The lowest BCUT2D eigenvalue weighted by Gasteiger charge is -2.21. The van der Waals surface area contributed by atoms with Crippen molar-refractivity contribution in [3.05, 3.63) is 29.8 Å². The van der Waals surface area contributed by atoms with Crippen LogP contribution in [-0.4, -0.2) is 29.7 Å². The van der Waals surface area contributed by atoms with Crippen molar-refractivity contribution in [3.8, 4) is 0 Å². The monoisotopic (exact) mass is 291 g/mol. The summed E-state index contributed by atoms with van der Waals surface area (Å²) in [6, 6.07) is 7.29. The number of benzene rings is 1. The standard InChI is InChI=1S/C16H21NO4/c18-15(11-14-3-1-2-10-21-14)17-13-7-4-12(5-8-13)6-9-16(19)20/h4-5,7-8,14H,1-3,6,9-11H2,(H,17,18)(H,19,20). The molecule has 1 atom stereocenters. The predicted molar refractivity (Wildman–Crippen MR) is 79.2 cm³/mol. The summed E-state index contributed by atoms with van der Waals surface area (Å²) in [7, 11) is 0. The second-order valence-corrected chi connectivity index (χ2v) is 5.33. The number of carbonyl (C=O) groups is 2. The summed E-state index contributed by atoms with van der Waals surface area (Å²) in [5.74, 6) is -0.847. The molecule has 114 valence electrons. The van der Waals surface area contributed by atoms with Crippen LogP contribution in [0, 0.1) is 0 Å². The number of anilines is 1. The van der Waals surface area contributed by atoms with E-state index in [-0.39, 0.29) is 18.4 Å². The molecule has 0 saturated carbocycles. The van der Waals surface area contributed by atoms with Crippen molar-refractivity contribution in [1.82, 2.24) is 0 Å². The lowest BCUT2D eigenvalue weighted by atomic mass is 10.1. The van der Waals surface area contributed by atoms with E-state index >= 15 is 0 Å². The van der Waals surface area contributed by atoms with E-state index in [1.807, 2.05) is 12.1 Å². The van der Waals surface area contributed by atoms with E-state index in [1.165, 1.54) is 0 Å². The Morgan fingerprint density at radius 3 is 2.62 bits per heavy atom. The van der Waals surface area contributed by atoms with Gasteiger partial charge in [-0.2, -0.15) is 0 Å². The largest absolute Gasteiger partial charge is 0.481 e. The summed E-state index contributed by atoms with van der Waals surface area (Å²) in [5, 5.41) is 11.5. The van der Waals surface area contributed by atoms with Crippen LogP contribution in [0.5, 0.6) is 0 Å². The molecule has 2 N–H and O–H groups in total. The number of aryl methyl sites for hydroxylation is 1. The van der Waals surface area contributed by atoms with Crippen LogP contribution in [-0.2, 0) is 20.7 Å². The molecule has 0 bridgehead atoms. The van der Waals surface area contributed by atoms with E-state index in [0.29, 0.717) is 12.8 Å². The minimum atomic E-state index is -0.806. The third-order valence-electron chi connectivity index (χ3n) is 3.55. The minimum absolute atomic E-state index is 0.0357. The van der Waals surface area contributed by atoms with Crippen LogP contribution >= 0.6 is 0 Å². The molecule has 0 spiro atoms. The molecule has 0 radical (unpaired) electrons. The Bertz CT molecular complexity index is 478. The van der Waals surface area contributed by atoms with Gasteiger partial charge in [0.15, 0.2) is 0 Å². The van der Waals surface area contributed by atoms with Gasteiger partial charge in [-0.25, -0.2) is 0 Å². The summed E-state index contributed by atoms with van der Waals surface area (Å²) in [6.45, 7) is 0.746. The smallest absolute Gasteiger partial charge is 0.303 e. The highest BCUT2D eigenvalue weighted by atomic mass is 16.5. The van der Waals surface area contributed by atoms with Crippen molar-refractivity contribution in [2.24, 2.45) is 0 Å². The van der Waals surface area contributed by atoms with Gasteiger partial charge >= 0.3 is 5.97 Å². The van der Waals surface area contributed by atoms with E-state index in [1.54, 1.807) is 12.1 Å². The van der Waals surface area contributed by atoms with Gasteiger partial charge < -0.3 is 15.2 Å². The summed E-state index contributed by atoms with van der Waals surface area (Å²) in [6.07, 6.45) is 4.19. The van der Waals surface area contributed by atoms with Gasteiger partial charge in [0.25, 0.3) is 0 Å². The molecule has 0 aliphatic carbocycles. The van der Waals surface area contributed by atoms with Crippen molar-refractivity contribution in [2.45, 2.75) is 44.6 Å². The first-order valence-electron chi connectivity index (χ1n) is 7.35. The second-order valence-electron chi connectivity index (χ2n) is 5.33. The predicted octanol–water partition coefficient (Wildman–Crippen LogP) is 2.60. The Hall–Kier alpha value is -1.88. The maximum absolute atomic E-state index is 11.9. The maximum atomic E-state index is 11.9. The van der Waals surface area contributed by atoms with Crippen LogP contribution in [0.4, 0.5) is 5.69 Å². The summed E-state index contributed by atoms with van der Waals surface area (Å²) < 4.78 is 5.54. The maximum Gasteiger partial charge on any atom is 0.303 e. The van der Waals surface area contributed by atoms with Crippen molar-refractivity contribution in [2.75, 3.05) is 11.9 Å². The molecule has 1 aliphatic rings. The molecule has 5 heteroatoms. The quantitative estimate of drug-likeness (QED) is 0.844. The van der Waals surface area contributed by atoms with Crippen LogP contribution < -0.4 is 5.32 Å². The summed E-state index contributed by atoms with van der Waals surface area (Å²) in [5.41, 5.74) is 1.68. The zero-order valence-electron chi connectivity index (χ0n) is 12.0. The number of hydrogen-bond donors (Lipinski definition) is 2. The number of carboxylic acid groups (broad SMARTS) is 1. The van der Waals surface area contributed by atoms with Crippen molar-refractivity contribution < 1.29 is 19.4 Å². The van der Waals surface area contributed by atoms with Crippen molar-refractivity contribution >= 4 is 17.6 Å². The van der Waals surface area contributed by atoms with Gasteiger partial charge in [0.1, 0.15) is 0 Å². The zero-order valence-corrected chi connectivity index (χ0v) is 12.0. The van der Waals surface area contributed by atoms with E-state index in [9.17, 15) is 9.59 Å². The van der Waals surface area contributed by atoms with Crippen LogP contribution in [0.2, 0.25) is 0 Å². The molecule has 1 heterocycles. The van der Waals surface area contributed by atoms with Gasteiger partial charge in [-0.3, -0.25) is 9.59 Å². The molecular formula is C16H21NO4. The van der Waals surface area contributed by atoms with E-state index < -0.39 is 5.97 Å². The van der Waals surface area contributed by atoms with E-state index in [4.69, 9.17) is 9.84 Å². The van der Waals surface area contributed by atoms with Gasteiger partial charge in [-0.1, -0.05) is 12.1 Å². The average Bonchev–Trinajstić information content (AvgIpc) is 2.47. The van der Waals surface area contributed by atoms with E-state index in [2.05, 4.69) is 5.32 Å². The van der Waals surface area contributed by atoms with E-state index in [0.717, 1.165) is 37.1 Å². The summed E-state index contributed by atoms with van der Waals surface area (Å²) in [4.78, 5) is 22.4. The van der Waals surface area contributed by atoms with Crippen LogP contribution in [0.25, 0.3) is 0 Å². The molecule has 21 heavy (non-hydrogen) atoms. The third-order valence-corrected chi connectivity index (χ3v) is 3.55. The number of amides is 1. The normalized spacial score (nSPS) is 18.2. The first kappa shape index (κ1) is 15.5. The lowest BCUT2D eigenvalue weighted by molar-refractivity contribution is -0.137. The van der Waals surface area contributed by atoms with Gasteiger partial charge in [0.2, 0.25) is 5.91 Å².